The molecule has 13 nitrogen and oxygen atoms in total. The van der Waals surface area contributed by atoms with Gasteiger partial charge in [-0.1, -0.05) is 18.2 Å². The van der Waals surface area contributed by atoms with E-state index in [0.29, 0.717) is 17.0 Å². The van der Waals surface area contributed by atoms with Crippen molar-refractivity contribution in [3.63, 3.8) is 0 Å². The highest BCUT2D eigenvalue weighted by molar-refractivity contribution is 5.83. The van der Waals surface area contributed by atoms with Crippen molar-refractivity contribution in [1.82, 2.24) is 19.5 Å². The van der Waals surface area contributed by atoms with Crippen molar-refractivity contribution in [2.75, 3.05) is 42.6 Å². The van der Waals surface area contributed by atoms with E-state index in [1.54, 1.807) is 4.57 Å². The van der Waals surface area contributed by atoms with Gasteiger partial charge in [-0.25, -0.2) is 15.0 Å². The monoisotopic (exact) mass is 538 g/mol. The van der Waals surface area contributed by atoms with E-state index >= 15 is 0 Å². The summed E-state index contributed by atoms with van der Waals surface area (Å²) < 4.78 is 23.9. The van der Waals surface area contributed by atoms with Gasteiger partial charge in [0.15, 0.2) is 35.4 Å². The van der Waals surface area contributed by atoms with Crippen LogP contribution in [0.5, 0.6) is 0 Å². The summed E-state index contributed by atoms with van der Waals surface area (Å²) in [4.78, 5) is 53.4. The van der Waals surface area contributed by atoms with Crippen LogP contribution in [-0.2, 0) is 33.3 Å². The second-order valence-electron chi connectivity index (χ2n) is 9.35. The number of hydrogen-bond acceptors (Lipinski definition) is 12. The quantitative estimate of drug-likeness (QED) is 0.318. The lowest BCUT2D eigenvalue weighted by molar-refractivity contribution is -0.166. The number of piperazine rings is 1. The Hall–Kier alpha value is -4.26. The molecule has 4 atom stereocenters. The highest BCUT2D eigenvalue weighted by Crippen LogP contribution is 2.37. The van der Waals surface area contributed by atoms with E-state index in [1.165, 1.54) is 39.1 Å². The van der Waals surface area contributed by atoms with Crippen LogP contribution in [0, 0.1) is 0 Å². The number of hydrogen-bond donors (Lipinski definition) is 0. The Morgan fingerprint density at radius 2 is 1.54 bits per heavy atom. The third-order valence-corrected chi connectivity index (χ3v) is 6.65. The standard InChI is InChI=1S/C26H30N6O7/c1-16(33)36-13-20-22(37-17(2)34)23(38-18(3)35)26(39-20)32-15-29-21-24(27-14-28-25(21)32)31-11-9-30(10-12-31)19-7-5-4-6-8-19/h4-8,14-15,20,22-23,26H,9-13H2,1-3H3/t20-,22-,23-,26-/m1/s1. The summed E-state index contributed by atoms with van der Waals surface area (Å²) in [6.07, 6.45) is -0.880. The van der Waals surface area contributed by atoms with Crippen molar-refractivity contribution >= 4 is 40.6 Å². The van der Waals surface area contributed by atoms with E-state index in [1.807, 2.05) is 18.2 Å². The summed E-state index contributed by atoms with van der Waals surface area (Å²) in [6.45, 7) is 6.67. The van der Waals surface area contributed by atoms with Gasteiger partial charge in [0.1, 0.15) is 19.0 Å². The van der Waals surface area contributed by atoms with Crippen LogP contribution in [0.15, 0.2) is 43.0 Å². The maximum atomic E-state index is 12.0. The summed E-state index contributed by atoms with van der Waals surface area (Å²) in [5, 5.41) is 0. The predicted molar refractivity (Wildman–Crippen MR) is 138 cm³/mol. The zero-order valence-corrected chi connectivity index (χ0v) is 21.9. The Morgan fingerprint density at radius 1 is 0.872 bits per heavy atom. The van der Waals surface area contributed by atoms with Crippen molar-refractivity contribution in [2.45, 2.75) is 45.3 Å². The summed E-state index contributed by atoms with van der Waals surface area (Å²) in [5.74, 6) is -1.02. The number of carbonyl (C=O) groups excluding carboxylic acids is 3. The van der Waals surface area contributed by atoms with E-state index in [2.05, 4.69) is 36.9 Å². The summed E-state index contributed by atoms with van der Waals surface area (Å²) in [5.41, 5.74) is 2.19. The normalized spacial score (nSPS) is 23.1. The minimum Gasteiger partial charge on any atom is -0.463 e. The lowest BCUT2D eigenvalue weighted by atomic mass is 10.1. The molecule has 2 fully saturated rings. The fourth-order valence-corrected chi connectivity index (χ4v) is 4.99. The molecule has 2 aromatic heterocycles. The molecule has 0 amide bonds. The molecule has 2 aliphatic heterocycles. The number of ether oxygens (including phenoxy) is 4. The first kappa shape index (κ1) is 26.4. The average molecular weight is 539 g/mol. The number of anilines is 2. The molecule has 0 unspecified atom stereocenters. The van der Waals surface area contributed by atoms with Crippen LogP contribution in [0.4, 0.5) is 11.5 Å². The molecule has 0 N–H and O–H groups in total. The van der Waals surface area contributed by atoms with Gasteiger partial charge in [-0.15, -0.1) is 0 Å². The summed E-state index contributed by atoms with van der Waals surface area (Å²) in [7, 11) is 0. The fraction of sp³-hybridized carbons (Fsp3) is 0.462. The maximum Gasteiger partial charge on any atom is 0.303 e. The van der Waals surface area contributed by atoms with Gasteiger partial charge in [0, 0.05) is 52.6 Å². The number of nitrogens with zero attached hydrogens (tertiary/aromatic N) is 6. The number of esters is 3. The van der Waals surface area contributed by atoms with Crippen molar-refractivity contribution in [3.05, 3.63) is 43.0 Å². The van der Waals surface area contributed by atoms with Crippen LogP contribution < -0.4 is 9.80 Å². The van der Waals surface area contributed by atoms with Crippen molar-refractivity contribution in [3.8, 4) is 0 Å². The first-order valence-electron chi connectivity index (χ1n) is 12.7. The molecule has 39 heavy (non-hydrogen) atoms. The van der Waals surface area contributed by atoms with Gasteiger partial charge < -0.3 is 28.7 Å². The van der Waals surface area contributed by atoms with E-state index in [-0.39, 0.29) is 6.61 Å². The molecular weight excluding hydrogens is 508 g/mol. The number of aromatic nitrogens is 4. The summed E-state index contributed by atoms with van der Waals surface area (Å²) in [6, 6.07) is 10.2. The second kappa shape index (κ2) is 11.2. The van der Waals surface area contributed by atoms with E-state index < -0.39 is 42.4 Å². The van der Waals surface area contributed by atoms with Gasteiger partial charge in [-0.2, -0.15) is 0 Å². The SMILES string of the molecule is CC(=O)OC[C@H]1O[C@@H](n2cnc3c(N4CCN(c5ccccc5)CC4)ncnc32)[C@H](OC(C)=O)[C@@H]1OC(C)=O. The lowest BCUT2D eigenvalue weighted by Crippen LogP contribution is -2.47. The Balaban J connectivity index is 1.42. The van der Waals surface area contributed by atoms with Crippen LogP contribution >= 0.6 is 0 Å². The van der Waals surface area contributed by atoms with Gasteiger partial charge in [0.25, 0.3) is 0 Å². The average Bonchev–Trinajstić information content (AvgIpc) is 3.49. The van der Waals surface area contributed by atoms with Crippen molar-refractivity contribution in [1.29, 1.82) is 0 Å². The summed E-state index contributed by atoms with van der Waals surface area (Å²) >= 11 is 0. The first-order chi connectivity index (χ1) is 18.8. The molecule has 5 rings (SSSR count). The molecule has 2 aliphatic rings. The van der Waals surface area contributed by atoms with Crippen LogP contribution in [-0.4, -0.2) is 88.5 Å². The molecule has 0 saturated carbocycles. The van der Waals surface area contributed by atoms with Gasteiger partial charge in [-0.05, 0) is 12.1 Å². The van der Waals surface area contributed by atoms with E-state index in [9.17, 15) is 14.4 Å². The van der Waals surface area contributed by atoms with Gasteiger partial charge in [-0.3, -0.25) is 19.0 Å². The van der Waals surface area contributed by atoms with Crippen LogP contribution in [0.3, 0.4) is 0 Å². The first-order valence-corrected chi connectivity index (χ1v) is 12.7. The van der Waals surface area contributed by atoms with Crippen molar-refractivity contribution < 1.29 is 33.3 Å². The van der Waals surface area contributed by atoms with Crippen LogP contribution in [0.2, 0.25) is 0 Å². The molecule has 1 aromatic carbocycles. The Labute approximate surface area is 224 Å². The Bertz CT molecular complexity index is 1340. The highest BCUT2D eigenvalue weighted by atomic mass is 16.7. The minimum atomic E-state index is -1.03. The number of rotatable bonds is 7. The molecule has 3 aromatic rings. The molecule has 206 valence electrons. The molecule has 2 saturated heterocycles. The smallest absolute Gasteiger partial charge is 0.303 e. The maximum absolute atomic E-state index is 12.0. The molecule has 0 radical (unpaired) electrons. The molecular formula is C26H30N6O7. The highest BCUT2D eigenvalue weighted by Gasteiger charge is 2.51. The molecule has 0 bridgehead atoms. The zero-order chi connectivity index (χ0) is 27.5. The lowest BCUT2D eigenvalue weighted by Gasteiger charge is -2.36. The predicted octanol–water partition coefficient (Wildman–Crippen LogP) is 1.48. The van der Waals surface area contributed by atoms with Crippen LogP contribution in [0.25, 0.3) is 11.2 Å². The van der Waals surface area contributed by atoms with Gasteiger partial charge in [0.2, 0.25) is 0 Å². The van der Waals surface area contributed by atoms with E-state index in [0.717, 1.165) is 26.2 Å². The minimum absolute atomic E-state index is 0.194. The molecule has 0 aliphatic carbocycles. The second-order valence-corrected chi connectivity index (χ2v) is 9.35. The van der Waals surface area contributed by atoms with Gasteiger partial charge >= 0.3 is 17.9 Å². The number of para-hydroxylation sites is 1. The number of fused-ring (bicyclic) bond motifs is 1. The largest absolute Gasteiger partial charge is 0.463 e. The molecule has 4 heterocycles. The number of imidazole rings is 1. The zero-order valence-electron chi connectivity index (χ0n) is 21.9. The Kier molecular flexibility index (Phi) is 7.59. The fourth-order valence-electron chi connectivity index (χ4n) is 4.99. The number of benzene rings is 1. The third-order valence-electron chi connectivity index (χ3n) is 6.65. The number of carbonyl (C=O) groups is 3. The third kappa shape index (κ3) is 5.62. The van der Waals surface area contributed by atoms with E-state index in [4.69, 9.17) is 18.9 Å². The molecule has 0 spiro atoms. The molecule has 13 heteroatoms. The van der Waals surface area contributed by atoms with Crippen LogP contribution in [0.1, 0.15) is 27.0 Å². The van der Waals surface area contributed by atoms with Crippen molar-refractivity contribution in [2.24, 2.45) is 0 Å². The van der Waals surface area contributed by atoms with Gasteiger partial charge in [0.05, 0.1) is 6.33 Å². The topological polar surface area (TPSA) is 138 Å². The Morgan fingerprint density at radius 3 is 2.21 bits per heavy atom.